The highest BCUT2D eigenvalue weighted by Crippen LogP contribution is 2.28. The highest BCUT2D eigenvalue weighted by molar-refractivity contribution is 7.99. The number of aliphatic carboxylic acids is 1. The normalized spacial score (nSPS) is 25.8. The molecule has 1 rings (SSSR count). The lowest BCUT2D eigenvalue weighted by Crippen LogP contribution is -2.54. The number of rotatable bonds is 3. The second-order valence-electron chi connectivity index (χ2n) is 3.04. The van der Waals surface area contributed by atoms with E-state index in [1.165, 1.54) is 11.8 Å². The molecule has 2 N–H and O–H groups in total. The molecule has 1 fully saturated rings. The average Bonchev–Trinajstić information content (AvgIpc) is 2.54. The number of hydrogen-bond acceptors (Lipinski definition) is 4. The molecule has 1 heterocycles. The van der Waals surface area contributed by atoms with Gasteiger partial charge in [-0.25, -0.2) is 9.59 Å². The summed E-state index contributed by atoms with van der Waals surface area (Å²) in [4.78, 5) is 22.1. The van der Waals surface area contributed by atoms with Gasteiger partial charge in [0, 0.05) is 5.75 Å². The smallest absolute Gasteiger partial charge is 0.408 e. The minimum absolute atomic E-state index is 0.245. The van der Waals surface area contributed by atoms with Crippen molar-refractivity contribution in [1.82, 2.24) is 5.32 Å². The molecule has 1 aliphatic heterocycles. The zero-order chi connectivity index (χ0) is 10.6. The molecule has 0 aromatic rings. The van der Waals surface area contributed by atoms with E-state index in [0.717, 1.165) is 5.75 Å². The Balaban J connectivity index is 2.60. The van der Waals surface area contributed by atoms with E-state index in [1.807, 2.05) is 0 Å². The predicted molar refractivity (Wildman–Crippen MR) is 52.5 cm³/mol. The van der Waals surface area contributed by atoms with E-state index < -0.39 is 17.6 Å². The van der Waals surface area contributed by atoms with E-state index in [4.69, 9.17) is 5.11 Å². The number of carbonyl (C=O) groups excluding carboxylic acids is 1. The van der Waals surface area contributed by atoms with Gasteiger partial charge in [0.15, 0.2) is 5.54 Å². The molecule has 0 spiro atoms. The number of amides is 1. The van der Waals surface area contributed by atoms with Gasteiger partial charge in [-0.05, 0) is 19.1 Å². The molecule has 5 nitrogen and oxygen atoms in total. The van der Waals surface area contributed by atoms with Crippen LogP contribution in [0.3, 0.4) is 0 Å². The minimum Gasteiger partial charge on any atom is -0.479 e. The van der Waals surface area contributed by atoms with Crippen LogP contribution in [-0.2, 0) is 9.53 Å². The number of carboxylic acid groups (broad SMARTS) is 1. The molecule has 80 valence electrons. The van der Waals surface area contributed by atoms with Gasteiger partial charge in [-0.2, -0.15) is 11.8 Å². The number of carboxylic acids is 1. The zero-order valence-corrected chi connectivity index (χ0v) is 8.73. The molecule has 0 aromatic carbocycles. The van der Waals surface area contributed by atoms with Crippen molar-refractivity contribution in [1.29, 1.82) is 0 Å². The Labute approximate surface area is 86.2 Å². The van der Waals surface area contributed by atoms with Crippen molar-refractivity contribution in [3.8, 4) is 0 Å². The molecular weight excluding hydrogens is 206 g/mol. The van der Waals surface area contributed by atoms with E-state index in [9.17, 15) is 9.59 Å². The lowest BCUT2D eigenvalue weighted by Gasteiger charge is -2.23. The lowest BCUT2D eigenvalue weighted by atomic mass is 10.00. The Morgan fingerprint density at radius 1 is 1.64 bits per heavy atom. The van der Waals surface area contributed by atoms with Gasteiger partial charge >= 0.3 is 12.1 Å². The fourth-order valence-electron chi connectivity index (χ4n) is 1.25. The number of hydrogen-bond donors (Lipinski definition) is 2. The third kappa shape index (κ3) is 2.31. The molecule has 1 atom stereocenters. The maximum absolute atomic E-state index is 11.1. The third-order valence-electron chi connectivity index (χ3n) is 2.05. The molecule has 0 bridgehead atoms. The topological polar surface area (TPSA) is 75.6 Å². The predicted octanol–water partition coefficient (Wildman–Crippen LogP) is 0.693. The van der Waals surface area contributed by atoms with Crippen LogP contribution in [0.4, 0.5) is 4.79 Å². The zero-order valence-electron chi connectivity index (χ0n) is 7.91. The summed E-state index contributed by atoms with van der Waals surface area (Å²) in [5, 5.41) is 11.4. The number of nitrogens with one attached hydrogen (secondary N) is 1. The molecule has 14 heavy (non-hydrogen) atoms. The quantitative estimate of drug-likeness (QED) is 0.730. The summed E-state index contributed by atoms with van der Waals surface area (Å²) in [5.74, 6) is 0.162. The molecule has 6 heteroatoms. The van der Waals surface area contributed by atoms with Crippen molar-refractivity contribution in [3.63, 3.8) is 0 Å². The number of alkyl carbamates (subject to hydrolysis) is 1. The molecule has 0 radical (unpaired) electrons. The highest BCUT2D eigenvalue weighted by atomic mass is 32.2. The molecule has 1 aliphatic rings. The fraction of sp³-hybridized carbons (Fsp3) is 0.750. The van der Waals surface area contributed by atoms with Crippen LogP contribution in [0.5, 0.6) is 0 Å². The highest BCUT2D eigenvalue weighted by Gasteiger charge is 2.43. The minimum atomic E-state index is -1.13. The van der Waals surface area contributed by atoms with Gasteiger partial charge in [-0.1, -0.05) is 0 Å². The second kappa shape index (κ2) is 4.54. The van der Waals surface area contributed by atoms with Gasteiger partial charge in [0.2, 0.25) is 0 Å². The van der Waals surface area contributed by atoms with Crippen molar-refractivity contribution in [2.45, 2.75) is 18.9 Å². The SMILES string of the molecule is CCOC(=O)NC1(C(=O)O)CCSC1. The van der Waals surface area contributed by atoms with E-state index in [2.05, 4.69) is 10.1 Å². The summed E-state index contributed by atoms with van der Waals surface area (Å²) in [5.41, 5.74) is -1.13. The molecule has 1 unspecified atom stereocenters. The van der Waals surface area contributed by atoms with Crippen molar-refractivity contribution >= 4 is 23.8 Å². The van der Waals surface area contributed by atoms with Crippen molar-refractivity contribution in [2.24, 2.45) is 0 Å². The van der Waals surface area contributed by atoms with Crippen molar-refractivity contribution < 1.29 is 19.4 Å². The Hall–Kier alpha value is -0.910. The largest absolute Gasteiger partial charge is 0.479 e. The Bertz CT molecular complexity index is 237. The van der Waals surface area contributed by atoms with Crippen LogP contribution in [0, 0.1) is 0 Å². The molecular formula is C8H13NO4S. The summed E-state index contributed by atoms with van der Waals surface area (Å²) in [7, 11) is 0. The van der Waals surface area contributed by atoms with Gasteiger partial charge in [0.25, 0.3) is 0 Å². The second-order valence-corrected chi connectivity index (χ2v) is 4.14. The first-order valence-electron chi connectivity index (χ1n) is 4.37. The fourth-order valence-corrected chi connectivity index (χ4v) is 2.57. The van der Waals surface area contributed by atoms with Crippen LogP contribution < -0.4 is 5.32 Å². The van der Waals surface area contributed by atoms with Gasteiger partial charge < -0.3 is 15.2 Å². The van der Waals surface area contributed by atoms with Gasteiger partial charge in [-0.3, -0.25) is 0 Å². The first kappa shape index (κ1) is 11.2. The van der Waals surface area contributed by atoms with Gasteiger partial charge in [-0.15, -0.1) is 0 Å². The Morgan fingerprint density at radius 3 is 2.79 bits per heavy atom. The molecule has 1 amide bonds. The third-order valence-corrected chi connectivity index (χ3v) is 3.24. The van der Waals surface area contributed by atoms with Crippen LogP contribution in [0.15, 0.2) is 0 Å². The maximum atomic E-state index is 11.1. The number of carbonyl (C=O) groups is 2. The van der Waals surface area contributed by atoms with Crippen molar-refractivity contribution in [3.05, 3.63) is 0 Å². The lowest BCUT2D eigenvalue weighted by molar-refractivity contribution is -0.143. The van der Waals surface area contributed by atoms with Crippen LogP contribution in [0.2, 0.25) is 0 Å². The summed E-state index contributed by atoms with van der Waals surface area (Å²) in [6, 6.07) is 0. The maximum Gasteiger partial charge on any atom is 0.408 e. The van der Waals surface area contributed by atoms with Crippen LogP contribution >= 0.6 is 11.8 Å². The molecule has 0 aliphatic carbocycles. The monoisotopic (exact) mass is 219 g/mol. The van der Waals surface area contributed by atoms with Crippen LogP contribution in [0.25, 0.3) is 0 Å². The first-order chi connectivity index (χ1) is 6.60. The van der Waals surface area contributed by atoms with Crippen LogP contribution in [0.1, 0.15) is 13.3 Å². The van der Waals surface area contributed by atoms with Gasteiger partial charge in [0.05, 0.1) is 6.61 Å². The Kier molecular flexibility index (Phi) is 3.62. The summed E-state index contributed by atoms with van der Waals surface area (Å²) in [6.07, 6.45) is -0.205. The van der Waals surface area contributed by atoms with Gasteiger partial charge in [0.1, 0.15) is 0 Å². The molecule has 0 saturated carbocycles. The average molecular weight is 219 g/mol. The van der Waals surface area contributed by atoms with E-state index >= 15 is 0 Å². The number of thioether (sulfide) groups is 1. The number of ether oxygens (including phenoxy) is 1. The van der Waals surface area contributed by atoms with E-state index in [-0.39, 0.29) is 6.61 Å². The van der Waals surface area contributed by atoms with E-state index in [1.54, 1.807) is 6.92 Å². The molecule has 1 saturated heterocycles. The summed E-state index contributed by atoms with van der Waals surface area (Å²) in [6.45, 7) is 1.92. The summed E-state index contributed by atoms with van der Waals surface area (Å²) >= 11 is 1.52. The van der Waals surface area contributed by atoms with E-state index in [0.29, 0.717) is 12.2 Å². The standard InChI is InChI=1S/C8H13NO4S/c1-2-13-7(12)9-8(6(10)11)3-4-14-5-8/h2-5H2,1H3,(H,9,12)(H,10,11). The Morgan fingerprint density at radius 2 is 2.36 bits per heavy atom. The summed E-state index contributed by atoms with van der Waals surface area (Å²) < 4.78 is 4.66. The van der Waals surface area contributed by atoms with Crippen molar-refractivity contribution in [2.75, 3.05) is 18.1 Å². The molecule has 0 aromatic heterocycles. The van der Waals surface area contributed by atoms with Crippen LogP contribution in [-0.4, -0.2) is 40.8 Å². The first-order valence-corrected chi connectivity index (χ1v) is 5.52.